The van der Waals surface area contributed by atoms with Crippen molar-refractivity contribution in [2.45, 2.75) is 0 Å². The molecular formula is C78H52N6. The number of hydrogen-bond acceptors (Lipinski definition) is 6. The Morgan fingerprint density at radius 1 is 0.119 bits per heavy atom. The molecule has 6 aromatic heterocycles. The van der Waals surface area contributed by atoms with E-state index < -0.39 is 0 Å². The Labute approximate surface area is 488 Å². The Hall–Kier alpha value is -11.3. The first-order valence-corrected chi connectivity index (χ1v) is 28.0. The van der Waals surface area contributed by atoms with Gasteiger partial charge >= 0.3 is 0 Å². The summed E-state index contributed by atoms with van der Waals surface area (Å²) in [7, 11) is 0. The van der Waals surface area contributed by atoms with Crippen molar-refractivity contribution in [1.82, 2.24) is 29.9 Å². The van der Waals surface area contributed by atoms with Crippen LogP contribution in [0.5, 0.6) is 0 Å². The van der Waals surface area contributed by atoms with E-state index in [4.69, 9.17) is 9.97 Å². The number of benzene rings is 8. The van der Waals surface area contributed by atoms with Crippen LogP contribution in [0.3, 0.4) is 0 Å². The Morgan fingerprint density at radius 3 is 0.464 bits per heavy atom. The zero-order chi connectivity index (χ0) is 56.0. The van der Waals surface area contributed by atoms with E-state index in [0.29, 0.717) is 0 Å². The Kier molecular flexibility index (Phi) is 13.9. The summed E-state index contributed by atoms with van der Waals surface area (Å²) >= 11 is 0. The highest BCUT2D eigenvalue weighted by atomic mass is 14.7. The largest absolute Gasteiger partial charge is 0.264 e. The first kappa shape index (κ1) is 50.9. The predicted molar refractivity (Wildman–Crippen MR) is 344 cm³/mol. The maximum absolute atomic E-state index is 4.84. The van der Waals surface area contributed by atoms with Gasteiger partial charge in [-0.2, -0.15) is 0 Å². The molecule has 8 aromatic carbocycles. The quantitative estimate of drug-likeness (QED) is 0.114. The van der Waals surface area contributed by atoms with E-state index in [1.165, 1.54) is 0 Å². The fourth-order valence-corrected chi connectivity index (χ4v) is 11.2. The predicted octanol–water partition coefficient (Wildman–Crippen LogP) is 19.7. The normalized spacial score (nSPS) is 11.1. The van der Waals surface area contributed by atoms with Gasteiger partial charge in [0.15, 0.2) is 0 Å². The lowest BCUT2D eigenvalue weighted by molar-refractivity contribution is 1.30. The van der Waals surface area contributed by atoms with Gasteiger partial charge in [-0.3, -0.25) is 29.9 Å². The van der Waals surface area contributed by atoms with Crippen molar-refractivity contribution in [1.29, 1.82) is 0 Å². The van der Waals surface area contributed by atoms with Crippen molar-refractivity contribution < 1.29 is 0 Å². The molecule has 0 saturated carbocycles. The van der Waals surface area contributed by atoms with Crippen molar-refractivity contribution >= 4 is 0 Å². The van der Waals surface area contributed by atoms with E-state index in [-0.39, 0.29) is 0 Å². The molecule has 6 heteroatoms. The monoisotopic (exact) mass is 1070 g/mol. The molecule has 14 aromatic rings. The van der Waals surface area contributed by atoms with Crippen LogP contribution in [0.2, 0.25) is 0 Å². The van der Waals surface area contributed by atoms with Crippen LogP contribution >= 0.6 is 0 Å². The van der Waals surface area contributed by atoms with Gasteiger partial charge in [0, 0.05) is 119 Å². The Balaban J connectivity index is 0.797. The van der Waals surface area contributed by atoms with Crippen LogP contribution < -0.4 is 0 Å². The highest BCUT2D eigenvalue weighted by molar-refractivity contribution is 5.88. The second-order valence-corrected chi connectivity index (χ2v) is 21.0. The van der Waals surface area contributed by atoms with Gasteiger partial charge in [-0.25, -0.2) is 0 Å². The minimum Gasteiger partial charge on any atom is -0.264 e. The first-order valence-electron chi connectivity index (χ1n) is 28.0. The smallest absolute Gasteiger partial charge is 0.0347 e. The molecule has 394 valence electrons. The van der Waals surface area contributed by atoms with Crippen molar-refractivity contribution in [2.24, 2.45) is 0 Å². The van der Waals surface area contributed by atoms with Crippen molar-refractivity contribution in [3.63, 3.8) is 0 Å². The topological polar surface area (TPSA) is 77.3 Å². The van der Waals surface area contributed by atoms with Crippen LogP contribution in [0, 0.1) is 0 Å². The average Bonchev–Trinajstić information content (AvgIpc) is 3.75. The van der Waals surface area contributed by atoms with Gasteiger partial charge in [-0.15, -0.1) is 0 Å². The van der Waals surface area contributed by atoms with E-state index >= 15 is 0 Å². The highest BCUT2D eigenvalue weighted by Crippen LogP contribution is 2.40. The molecule has 0 aliphatic heterocycles. The second-order valence-electron chi connectivity index (χ2n) is 21.0. The lowest BCUT2D eigenvalue weighted by Crippen LogP contribution is -1.90. The summed E-state index contributed by atoms with van der Waals surface area (Å²) in [5.74, 6) is 0. The summed E-state index contributed by atoms with van der Waals surface area (Å²) in [6, 6.07) is 87.0. The SMILES string of the molecule is c1cncc(-c2cccc(-c3cc(-c4cccc(-c5cccnc5)c4)cc(-c4cccc(-c5cncc(-c6cncc(-c7cccc(-c8cc(-c9cccc(-c%10cccnc%10)c9)cc(-c9cccc(-c%10cccnc%10)c9)c8)c7)c6)c5)c4)c3)c2)c1. The van der Waals surface area contributed by atoms with Crippen LogP contribution in [0.25, 0.3) is 145 Å². The molecule has 0 aliphatic carbocycles. The van der Waals surface area contributed by atoms with Crippen LogP contribution in [-0.4, -0.2) is 29.9 Å². The van der Waals surface area contributed by atoms with E-state index in [2.05, 4.69) is 238 Å². The molecule has 6 nitrogen and oxygen atoms in total. The third-order valence-corrected chi connectivity index (χ3v) is 15.5. The summed E-state index contributed by atoms with van der Waals surface area (Å²) in [6.07, 6.45) is 22.7. The molecular weight excluding hydrogens is 1020 g/mol. The van der Waals surface area contributed by atoms with Crippen molar-refractivity contribution in [3.8, 4) is 145 Å². The van der Waals surface area contributed by atoms with Gasteiger partial charge in [0.25, 0.3) is 0 Å². The third-order valence-electron chi connectivity index (χ3n) is 15.5. The molecule has 0 amide bonds. The first-order chi connectivity index (χ1) is 41.6. The van der Waals surface area contributed by atoms with Gasteiger partial charge in [0.2, 0.25) is 0 Å². The van der Waals surface area contributed by atoms with E-state index in [1.807, 2.05) is 98.6 Å². The minimum absolute atomic E-state index is 0.981. The van der Waals surface area contributed by atoms with Gasteiger partial charge < -0.3 is 0 Å². The molecule has 0 atom stereocenters. The minimum atomic E-state index is 0.981. The van der Waals surface area contributed by atoms with Crippen LogP contribution in [0.15, 0.2) is 317 Å². The molecule has 0 spiro atoms. The fraction of sp³-hybridized carbons (Fsp3) is 0. The maximum Gasteiger partial charge on any atom is 0.0347 e. The van der Waals surface area contributed by atoms with Gasteiger partial charge in [0.05, 0.1) is 0 Å². The summed E-state index contributed by atoms with van der Waals surface area (Å²) in [4.78, 5) is 27.3. The van der Waals surface area contributed by atoms with Gasteiger partial charge in [0.1, 0.15) is 0 Å². The van der Waals surface area contributed by atoms with Crippen LogP contribution in [-0.2, 0) is 0 Å². The molecule has 0 aliphatic rings. The van der Waals surface area contributed by atoms with Crippen LogP contribution in [0.1, 0.15) is 0 Å². The van der Waals surface area contributed by atoms with Crippen LogP contribution in [0.4, 0.5) is 0 Å². The molecule has 84 heavy (non-hydrogen) atoms. The fourth-order valence-electron chi connectivity index (χ4n) is 11.2. The van der Waals surface area contributed by atoms with E-state index in [9.17, 15) is 0 Å². The zero-order valence-corrected chi connectivity index (χ0v) is 45.7. The maximum atomic E-state index is 4.84. The summed E-state index contributed by atoms with van der Waals surface area (Å²) in [6.45, 7) is 0. The molecule has 0 saturated heterocycles. The number of aromatic nitrogens is 6. The van der Waals surface area contributed by atoms with E-state index in [0.717, 1.165) is 145 Å². The highest BCUT2D eigenvalue weighted by Gasteiger charge is 2.15. The van der Waals surface area contributed by atoms with Crippen molar-refractivity contribution in [3.05, 3.63) is 317 Å². The Bertz CT molecular complexity index is 4160. The molecule has 0 bridgehead atoms. The number of hydrogen-bond donors (Lipinski definition) is 0. The molecule has 6 heterocycles. The summed E-state index contributed by atoms with van der Waals surface area (Å²) in [5.41, 5.74) is 28.3. The van der Waals surface area contributed by atoms with E-state index in [1.54, 1.807) is 0 Å². The number of pyridine rings is 6. The third kappa shape index (κ3) is 11.0. The molecule has 0 N–H and O–H groups in total. The Morgan fingerprint density at radius 2 is 0.262 bits per heavy atom. The molecule has 14 rings (SSSR count). The lowest BCUT2D eigenvalue weighted by atomic mass is 9.90. The van der Waals surface area contributed by atoms with Crippen molar-refractivity contribution in [2.75, 3.05) is 0 Å². The number of nitrogens with zero attached hydrogens (tertiary/aromatic N) is 6. The number of rotatable bonds is 13. The summed E-state index contributed by atoms with van der Waals surface area (Å²) in [5, 5.41) is 0. The second kappa shape index (κ2) is 23.0. The molecule has 0 unspecified atom stereocenters. The average molecular weight is 1070 g/mol. The molecule has 0 radical (unpaired) electrons. The van der Waals surface area contributed by atoms with Gasteiger partial charge in [-0.05, 0) is 209 Å². The van der Waals surface area contributed by atoms with Gasteiger partial charge in [-0.1, -0.05) is 133 Å². The zero-order valence-electron chi connectivity index (χ0n) is 45.7. The molecule has 0 fully saturated rings. The summed E-state index contributed by atoms with van der Waals surface area (Å²) < 4.78 is 0. The standard InChI is InChI=1S/C78H52N6/c1-11-53(65-23-7-27-79-45-65)31-57(15-1)69-37-70(58-16-2-12-54(32-58)66-24-8-28-80-46-66)40-73(39-69)61-19-5-21-63(35-61)75-43-77(51-83-49-75)78-44-76(50-84-52-78)64-22-6-20-62(36-64)74-41-71(59-17-3-13-55(33-59)67-25-9-29-81-47-67)38-72(42-74)60-18-4-14-56(34-60)68-26-10-30-82-48-68/h1-52H. The lowest BCUT2D eigenvalue weighted by Gasteiger charge is -2.14.